The molecule has 0 radical (unpaired) electrons. The number of amides is 1. The lowest BCUT2D eigenvalue weighted by Gasteiger charge is -2.44. The van der Waals surface area contributed by atoms with E-state index in [0.717, 1.165) is 38.7 Å². The van der Waals surface area contributed by atoms with Crippen LogP contribution in [0.3, 0.4) is 0 Å². The second-order valence-corrected chi connectivity index (χ2v) is 6.01. The van der Waals surface area contributed by atoms with Crippen molar-refractivity contribution in [3.8, 4) is 0 Å². The number of alkyl halides is 3. The third kappa shape index (κ3) is 3.03. The highest BCUT2D eigenvalue weighted by atomic mass is 35.5. The van der Waals surface area contributed by atoms with Crippen molar-refractivity contribution >= 4 is 17.5 Å². The highest BCUT2D eigenvalue weighted by Crippen LogP contribution is 2.32. The van der Waals surface area contributed by atoms with Crippen molar-refractivity contribution < 1.29 is 18.0 Å². The number of halogens is 4. The van der Waals surface area contributed by atoms with Crippen molar-refractivity contribution in [1.82, 2.24) is 20.2 Å². The fourth-order valence-corrected chi connectivity index (χ4v) is 3.24. The summed E-state index contributed by atoms with van der Waals surface area (Å²) in [6, 6.07) is -0.0661. The van der Waals surface area contributed by atoms with Crippen molar-refractivity contribution in [2.24, 2.45) is 5.92 Å². The van der Waals surface area contributed by atoms with Crippen LogP contribution in [0, 0.1) is 5.92 Å². The van der Waals surface area contributed by atoms with E-state index in [2.05, 4.69) is 20.2 Å². The lowest BCUT2D eigenvalue weighted by molar-refractivity contribution is -0.141. The van der Waals surface area contributed by atoms with Gasteiger partial charge in [-0.25, -0.2) is 9.97 Å². The predicted octanol–water partition coefficient (Wildman–Crippen LogP) is 1.97. The average Bonchev–Trinajstić information content (AvgIpc) is 2.47. The van der Waals surface area contributed by atoms with Gasteiger partial charge in [-0.15, -0.1) is 0 Å². The predicted molar refractivity (Wildman–Crippen MR) is 72.5 cm³/mol. The van der Waals surface area contributed by atoms with E-state index < -0.39 is 28.6 Å². The van der Waals surface area contributed by atoms with Crippen LogP contribution in [0.25, 0.3) is 0 Å². The van der Waals surface area contributed by atoms with Crippen molar-refractivity contribution in [2.75, 3.05) is 19.6 Å². The topological polar surface area (TPSA) is 58.1 Å². The fourth-order valence-electron chi connectivity index (χ4n) is 3.04. The number of piperidine rings is 3. The smallest absolute Gasteiger partial charge is 0.345 e. The summed E-state index contributed by atoms with van der Waals surface area (Å²) in [6.07, 6.45) is -1.94. The second kappa shape index (κ2) is 5.66. The number of nitrogens with zero attached hydrogens (tertiary/aromatic N) is 3. The van der Waals surface area contributed by atoms with Gasteiger partial charge < -0.3 is 10.2 Å². The van der Waals surface area contributed by atoms with Gasteiger partial charge in [-0.1, -0.05) is 11.6 Å². The maximum absolute atomic E-state index is 12.8. The Morgan fingerprint density at radius 1 is 1.36 bits per heavy atom. The first-order valence-corrected chi connectivity index (χ1v) is 7.35. The molecule has 1 N–H and O–H groups in total. The molecule has 5 nitrogen and oxygen atoms in total. The van der Waals surface area contributed by atoms with E-state index in [-0.39, 0.29) is 6.04 Å². The Labute approximate surface area is 129 Å². The van der Waals surface area contributed by atoms with E-state index in [1.807, 2.05) is 0 Å². The molecule has 0 saturated carbocycles. The van der Waals surface area contributed by atoms with Gasteiger partial charge in [0.15, 0.2) is 5.69 Å². The highest BCUT2D eigenvalue weighted by Gasteiger charge is 2.38. The van der Waals surface area contributed by atoms with E-state index >= 15 is 0 Å². The normalized spacial score (nSPS) is 27.7. The molecule has 0 spiro atoms. The third-order valence-corrected chi connectivity index (χ3v) is 4.46. The Kier molecular flexibility index (Phi) is 3.98. The van der Waals surface area contributed by atoms with E-state index in [9.17, 15) is 18.0 Å². The number of hydrogen-bond donors (Lipinski definition) is 1. The lowest BCUT2D eigenvalue weighted by Crippen LogP contribution is -2.57. The van der Waals surface area contributed by atoms with E-state index in [1.54, 1.807) is 0 Å². The molecule has 2 bridgehead atoms. The Balaban J connectivity index is 1.75. The van der Waals surface area contributed by atoms with E-state index in [4.69, 9.17) is 11.6 Å². The first-order chi connectivity index (χ1) is 10.3. The molecule has 1 atom stereocenters. The molecule has 9 heteroatoms. The zero-order valence-corrected chi connectivity index (χ0v) is 12.3. The third-order valence-electron chi connectivity index (χ3n) is 4.19. The summed E-state index contributed by atoms with van der Waals surface area (Å²) in [5.74, 6) is -0.836. The molecule has 22 heavy (non-hydrogen) atoms. The van der Waals surface area contributed by atoms with Crippen LogP contribution in [0.5, 0.6) is 0 Å². The first-order valence-electron chi connectivity index (χ1n) is 6.97. The zero-order valence-electron chi connectivity index (χ0n) is 11.5. The number of nitrogens with one attached hydrogen (secondary N) is 1. The largest absolute Gasteiger partial charge is 0.434 e. The molecule has 3 fully saturated rings. The quantitative estimate of drug-likeness (QED) is 0.898. The molecule has 3 aliphatic heterocycles. The number of carbonyl (C=O) groups excluding carboxylic acids is 1. The minimum absolute atomic E-state index is 0.0661. The van der Waals surface area contributed by atoms with Gasteiger partial charge >= 0.3 is 6.18 Å². The van der Waals surface area contributed by atoms with Crippen LogP contribution in [-0.4, -0.2) is 46.5 Å². The Hall–Kier alpha value is -1.41. The number of rotatable bonds is 2. The van der Waals surface area contributed by atoms with Crippen LogP contribution in [0.4, 0.5) is 13.2 Å². The van der Waals surface area contributed by atoms with Gasteiger partial charge in [0.2, 0.25) is 5.82 Å². The van der Waals surface area contributed by atoms with Crippen LogP contribution in [0.15, 0.2) is 6.20 Å². The zero-order chi connectivity index (χ0) is 15.9. The van der Waals surface area contributed by atoms with Crippen molar-refractivity contribution in [3.63, 3.8) is 0 Å². The van der Waals surface area contributed by atoms with Gasteiger partial charge in [-0.05, 0) is 31.8 Å². The van der Waals surface area contributed by atoms with E-state index in [0.29, 0.717) is 5.92 Å². The molecule has 0 aromatic carbocycles. The van der Waals surface area contributed by atoms with Gasteiger partial charge in [0.25, 0.3) is 5.91 Å². The van der Waals surface area contributed by atoms with Gasteiger partial charge in [0.1, 0.15) is 0 Å². The summed E-state index contributed by atoms with van der Waals surface area (Å²) >= 11 is 5.45. The maximum atomic E-state index is 12.8. The number of fused-ring (bicyclic) bond motifs is 3. The van der Waals surface area contributed by atoms with Gasteiger partial charge in [0, 0.05) is 12.6 Å². The summed E-state index contributed by atoms with van der Waals surface area (Å²) < 4.78 is 38.3. The molecule has 1 aromatic heterocycles. The SMILES string of the molecule is O=C(NC1CN2CCC1CC2)c1ncc(Cl)c(C(F)(F)F)n1. The molecule has 0 aliphatic carbocycles. The Morgan fingerprint density at radius 3 is 2.59 bits per heavy atom. The number of hydrogen-bond acceptors (Lipinski definition) is 4. The minimum atomic E-state index is -4.72. The summed E-state index contributed by atoms with van der Waals surface area (Å²) in [5.41, 5.74) is -1.29. The van der Waals surface area contributed by atoms with Gasteiger partial charge in [-0.2, -0.15) is 13.2 Å². The maximum Gasteiger partial charge on any atom is 0.434 e. The fraction of sp³-hybridized carbons (Fsp3) is 0.615. The molecule has 1 amide bonds. The first kappa shape index (κ1) is 15.5. The molecular weight excluding hydrogens is 321 g/mol. The second-order valence-electron chi connectivity index (χ2n) is 5.61. The van der Waals surface area contributed by atoms with Crippen LogP contribution < -0.4 is 5.32 Å². The molecule has 3 aliphatic rings. The van der Waals surface area contributed by atoms with Crippen LogP contribution in [-0.2, 0) is 6.18 Å². The molecule has 4 rings (SSSR count). The highest BCUT2D eigenvalue weighted by molar-refractivity contribution is 6.31. The van der Waals surface area contributed by atoms with Crippen LogP contribution >= 0.6 is 11.6 Å². The monoisotopic (exact) mass is 334 g/mol. The van der Waals surface area contributed by atoms with Crippen LogP contribution in [0.1, 0.15) is 29.2 Å². The van der Waals surface area contributed by atoms with Gasteiger partial charge in [-0.3, -0.25) is 4.79 Å². The summed E-state index contributed by atoms with van der Waals surface area (Å²) in [5, 5.41) is 2.13. The molecular formula is C13H14ClF3N4O. The summed E-state index contributed by atoms with van der Waals surface area (Å²) in [6.45, 7) is 2.73. The van der Waals surface area contributed by atoms with Crippen LogP contribution in [0.2, 0.25) is 5.02 Å². The molecule has 120 valence electrons. The van der Waals surface area contributed by atoms with Crippen molar-refractivity contribution in [1.29, 1.82) is 0 Å². The van der Waals surface area contributed by atoms with E-state index in [1.165, 1.54) is 0 Å². The number of carbonyl (C=O) groups is 1. The minimum Gasteiger partial charge on any atom is -0.345 e. The van der Waals surface area contributed by atoms with Crippen molar-refractivity contribution in [3.05, 3.63) is 22.7 Å². The van der Waals surface area contributed by atoms with Crippen molar-refractivity contribution in [2.45, 2.75) is 25.1 Å². The standard InChI is InChI=1S/C13H14ClF3N4O/c14-8-5-18-11(20-10(8)13(15,16)17)12(22)19-9-6-21-3-1-7(9)2-4-21/h5,7,9H,1-4,6H2,(H,19,22). The summed E-state index contributed by atoms with van der Waals surface area (Å²) in [4.78, 5) is 21.2. The molecule has 4 heterocycles. The Bertz CT molecular complexity index is 587. The average molecular weight is 335 g/mol. The lowest BCUT2D eigenvalue weighted by atomic mass is 9.84. The Morgan fingerprint density at radius 2 is 2.05 bits per heavy atom. The molecule has 1 aromatic rings. The number of aromatic nitrogens is 2. The van der Waals surface area contributed by atoms with Gasteiger partial charge in [0.05, 0.1) is 11.2 Å². The molecule has 1 unspecified atom stereocenters. The summed E-state index contributed by atoms with van der Waals surface area (Å²) in [7, 11) is 0. The molecule has 3 saturated heterocycles.